The molecule has 0 saturated carbocycles. The van der Waals surface area contributed by atoms with E-state index in [0.29, 0.717) is 29.7 Å². The summed E-state index contributed by atoms with van der Waals surface area (Å²) < 4.78 is 16.2. The molecule has 1 atom stereocenters. The second-order valence-corrected chi connectivity index (χ2v) is 5.47. The number of rotatable bonds is 8. The van der Waals surface area contributed by atoms with Crippen molar-refractivity contribution in [1.82, 2.24) is 5.32 Å². The lowest BCUT2D eigenvalue weighted by Gasteiger charge is -2.15. The first-order valence-corrected chi connectivity index (χ1v) is 7.93. The molecular weight excluding hydrogens is 330 g/mol. The van der Waals surface area contributed by atoms with Crippen LogP contribution in [0, 0.1) is 0 Å². The first kappa shape index (κ1) is 17.9. The molecule has 0 aliphatic carbocycles. The highest BCUT2D eigenvalue weighted by atomic mass is 35.5. The fourth-order valence-corrected chi connectivity index (χ4v) is 2.06. The molecule has 0 aliphatic heterocycles. The Morgan fingerprint density at radius 2 is 1.62 bits per heavy atom. The van der Waals surface area contributed by atoms with Gasteiger partial charge in [0.2, 0.25) is 0 Å². The van der Waals surface area contributed by atoms with Crippen LogP contribution in [0.15, 0.2) is 48.5 Å². The number of carbonyl (C=O) groups is 1. The van der Waals surface area contributed by atoms with Crippen LogP contribution in [0.1, 0.15) is 6.92 Å². The standard InChI is InChI=1S/C18H20ClNO4/c1-13(24-17-9-7-15(22-2)8-10-17)18(21)20-11-12-23-16-5-3-14(19)4-6-16/h3-10,13H,11-12H2,1-2H3,(H,20,21)/t13-/m1/s1. The Kier molecular flexibility index (Phi) is 6.75. The first-order valence-electron chi connectivity index (χ1n) is 7.55. The zero-order valence-electron chi connectivity index (χ0n) is 13.6. The van der Waals surface area contributed by atoms with E-state index in [9.17, 15) is 4.79 Å². The Bertz CT molecular complexity index is 643. The fourth-order valence-electron chi connectivity index (χ4n) is 1.93. The van der Waals surface area contributed by atoms with E-state index in [1.54, 1.807) is 62.6 Å². The predicted molar refractivity (Wildman–Crippen MR) is 93.0 cm³/mol. The lowest BCUT2D eigenvalue weighted by molar-refractivity contribution is -0.127. The number of methoxy groups -OCH3 is 1. The molecule has 6 heteroatoms. The quantitative estimate of drug-likeness (QED) is 0.743. The Morgan fingerprint density at radius 1 is 1.04 bits per heavy atom. The van der Waals surface area contributed by atoms with Gasteiger partial charge in [-0.15, -0.1) is 0 Å². The van der Waals surface area contributed by atoms with Gasteiger partial charge >= 0.3 is 0 Å². The summed E-state index contributed by atoms with van der Waals surface area (Å²) >= 11 is 5.80. The van der Waals surface area contributed by atoms with Gasteiger partial charge in [-0.25, -0.2) is 0 Å². The Balaban J connectivity index is 1.70. The third-order valence-corrected chi connectivity index (χ3v) is 3.48. The Labute approximate surface area is 146 Å². The minimum atomic E-state index is -0.603. The van der Waals surface area contributed by atoms with Crippen LogP contribution in [0.2, 0.25) is 5.02 Å². The molecule has 24 heavy (non-hydrogen) atoms. The van der Waals surface area contributed by atoms with E-state index in [-0.39, 0.29) is 5.91 Å². The molecule has 0 bridgehead atoms. The second kappa shape index (κ2) is 9.03. The summed E-state index contributed by atoms with van der Waals surface area (Å²) in [7, 11) is 1.60. The number of hydrogen-bond donors (Lipinski definition) is 1. The fraction of sp³-hybridized carbons (Fsp3) is 0.278. The number of amides is 1. The van der Waals surface area contributed by atoms with Crippen LogP contribution in [-0.2, 0) is 4.79 Å². The van der Waals surface area contributed by atoms with Crippen molar-refractivity contribution in [2.45, 2.75) is 13.0 Å². The van der Waals surface area contributed by atoms with Crippen molar-refractivity contribution >= 4 is 17.5 Å². The van der Waals surface area contributed by atoms with E-state index < -0.39 is 6.10 Å². The van der Waals surface area contributed by atoms with E-state index in [1.165, 1.54) is 0 Å². The molecule has 0 heterocycles. The average molecular weight is 350 g/mol. The largest absolute Gasteiger partial charge is 0.497 e. The van der Waals surface area contributed by atoms with Crippen molar-refractivity contribution < 1.29 is 19.0 Å². The van der Waals surface area contributed by atoms with Gasteiger partial charge in [0, 0.05) is 5.02 Å². The number of nitrogens with one attached hydrogen (secondary N) is 1. The summed E-state index contributed by atoms with van der Waals surface area (Å²) in [6.07, 6.45) is -0.603. The number of hydrogen-bond acceptors (Lipinski definition) is 4. The molecule has 0 saturated heterocycles. The molecule has 0 unspecified atom stereocenters. The molecule has 0 radical (unpaired) electrons. The number of carbonyl (C=O) groups excluding carboxylic acids is 1. The molecule has 128 valence electrons. The summed E-state index contributed by atoms with van der Waals surface area (Å²) in [5, 5.41) is 3.42. The van der Waals surface area contributed by atoms with Gasteiger partial charge < -0.3 is 19.5 Å². The van der Waals surface area contributed by atoms with Crippen LogP contribution in [0.25, 0.3) is 0 Å². The summed E-state index contributed by atoms with van der Waals surface area (Å²) in [5.41, 5.74) is 0. The van der Waals surface area contributed by atoms with E-state index in [1.807, 2.05) is 0 Å². The summed E-state index contributed by atoms with van der Waals surface area (Å²) in [6.45, 7) is 2.44. The van der Waals surface area contributed by atoms with Crippen molar-refractivity contribution in [3.8, 4) is 17.2 Å². The molecule has 5 nitrogen and oxygen atoms in total. The van der Waals surface area contributed by atoms with Gasteiger partial charge in [0.25, 0.3) is 5.91 Å². The van der Waals surface area contributed by atoms with E-state index in [4.69, 9.17) is 25.8 Å². The highest BCUT2D eigenvalue weighted by Crippen LogP contribution is 2.18. The average Bonchev–Trinajstić information content (AvgIpc) is 2.60. The maximum atomic E-state index is 12.0. The molecule has 1 amide bonds. The van der Waals surface area contributed by atoms with Crippen LogP contribution in [0.5, 0.6) is 17.2 Å². The summed E-state index contributed by atoms with van der Waals surface area (Å²) in [5.74, 6) is 1.84. The number of ether oxygens (including phenoxy) is 3. The van der Waals surface area contributed by atoms with Gasteiger partial charge in [-0.2, -0.15) is 0 Å². The van der Waals surface area contributed by atoms with Gasteiger partial charge in [0.1, 0.15) is 23.9 Å². The maximum absolute atomic E-state index is 12.0. The number of halogens is 1. The smallest absolute Gasteiger partial charge is 0.260 e. The van der Waals surface area contributed by atoms with Gasteiger partial charge in [-0.05, 0) is 55.5 Å². The molecule has 2 aromatic rings. The third-order valence-electron chi connectivity index (χ3n) is 3.23. The highest BCUT2D eigenvalue weighted by molar-refractivity contribution is 6.30. The molecular formula is C18H20ClNO4. The lowest BCUT2D eigenvalue weighted by atomic mass is 10.3. The van der Waals surface area contributed by atoms with Crippen molar-refractivity contribution in [2.24, 2.45) is 0 Å². The van der Waals surface area contributed by atoms with Crippen LogP contribution in [0.4, 0.5) is 0 Å². The van der Waals surface area contributed by atoms with Crippen LogP contribution in [0.3, 0.4) is 0 Å². The van der Waals surface area contributed by atoms with Crippen LogP contribution in [-0.4, -0.2) is 32.3 Å². The SMILES string of the molecule is COc1ccc(O[C@H](C)C(=O)NCCOc2ccc(Cl)cc2)cc1. The molecule has 0 aliphatic rings. The molecule has 0 aromatic heterocycles. The molecule has 1 N–H and O–H groups in total. The Morgan fingerprint density at radius 3 is 2.25 bits per heavy atom. The Hall–Kier alpha value is -2.40. The van der Waals surface area contributed by atoms with Gasteiger partial charge in [-0.1, -0.05) is 11.6 Å². The number of benzene rings is 2. The zero-order chi connectivity index (χ0) is 17.4. The van der Waals surface area contributed by atoms with Gasteiger partial charge in [0.15, 0.2) is 6.10 Å². The molecule has 0 fully saturated rings. The summed E-state index contributed by atoms with van der Waals surface area (Å²) in [4.78, 5) is 12.0. The van der Waals surface area contributed by atoms with Crippen LogP contribution >= 0.6 is 11.6 Å². The second-order valence-electron chi connectivity index (χ2n) is 5.03. The topological polar surface area (TPSA) is 56.8 Å². The van der Waals surface area contributed by atoms with Crippen molar-refractivity contribution in [1.29, 1.82) is 0 Å². The normalized spacial score (nSPS) is 11.5. The van der Waals surface area contributed by atoms with Gasteiger partial charge in [0.05, 0.1) is 13.7 Å². The first-order chi connectivity index (χ1) is 11.6. The minimum absolute atomic E-state index is 0.203. The monoisotopic (exact) mass is 349 g/mol. The van der Waals surface area contributed by atoms with E-state index >= 15 is 0 Å². The van der Waals surface area contributed by atoms with Gasteiger partial charge in [-0.3, -0.25) is 4.79 Å². The van der Waals surface area contributed by atoms with Crippen LogP contribution < -0.4 is 19.5 Å². The van der Waals surface area contributed by atoms with Crippen molar-refractivity contribution in [3.63, 3.8) is 0 Å². The highest BCUT2D eigenvalue weighted by Gasteiger charge is 2.14. The zero-order valence-corrected chi connectivity index (χ0v) is 14.4. The maximum Gasteiger partial charge on any atom is 0.260 e. The minimum Gasteiger partial charge on any atom is -0.497 e. The molecule has 2 aromatic carbocycles. The van der Waals surface area contributed by atoms with E-state index in [0.717, 1.165) is 5.75 Å². The predicted octanol–water partition coefficient (Wildman–Crippen LogP) is 3.31. The third kappa shape index (κ3) is 5.66. The van der Waals surface area contributed by atoms with Crippen molar-refractivity contribution in [2.75, 3.05) is 20.3 Å². The van der Waals surface area contributed by atoms with E-state index in [2.05, 4.69) is 5.32 Å². The summed E-state index contributed by atoms with van der Waals surface area (Å²) in [6, 6.07) is 14.1. The molecule has 2 rings (SSSR count). The lowest BCUT2D eigenvalue weighted by Crippen LogP contribution is -2.38. The molecule has 0 spiro atoms. The van der Waals surface area contributed by atoms with Crippen molar-refractivity contribution in [3.05, 3.63) is 53.6 Å².